The molecule has 23 heavy (non-hydrogen) atoms. The van der Waals surface area contributed by atoms with Crippen LogP contribution in [0.2, 0.25) is 0 Å². The molecule has 0 spiro atoms. The van der Waals surface area contributed by atoms with E-state index in [9.17, 15) is 9.59 Å². The van der Waals surface area contributed by atoms with Gasteiger partial charge in [0.25, 0.3) is 0 Å². The maximum absolute atomic E-state index is 12.1. The van der Waals surface area contributed by atoms with Crippen molar-refractivity contribution in [3.63, 3.8) is 0 Å². The Bertz CT molecular complexity index is 720. The number of nitrogens with zero attached hydrogens (tertiary/aromatic N) is 2. The van der Waals surface area contributed by atoms with E-state index in [4.69, 9.17) is 9.26 Å². The Morgan fingerprint density at radius 3 is 2.74 bits per heavy atom. The first-order chi connectivity index (χ1) is 11.0. The summed E-state index contributed by atoms with van der Waals surface area (Å²) < 4.78 is 10.2. The molecule has 1 fully saturated rings. The van der Waals surface area contributed by atoms with Crippen molar-refractivity contribution in [2.24, 2.45) is 5.92 Å². The Balaban J connectivity index is 1.60. The summed E-state index contributed by atoms with van der Waals surface area (Å²) in [6.45, 7) is 4.16. The summed E-state index contributed by atoms with van der Waals surface area (Å²) in [5, 5.41) is 3.73. The topological polar surface area (TPSA) is 72.6 Å². The number of amides is 1. The van der Waals surface area contributed by atoms with Crippen molar-refractivity contribution in [1.82, 2.24) is 5.16 Å². The molecule has 2 aromatic rings. The van der Waals surface area contributed by atoms with Gasteiger partial charge in [0.05, 0.1) is 11.6 Å². The molecule has 1 unspecified atom stereocenters. The summed E-state index contributed by atoms with van der Waals surface area (Å²) in [4.78, 5) is 25.9. The second kappa shape index (κ2) is 6.24. The molecule has 0 N–H and O–H groups in total. The molecule has 1 aliphatic heterocycles. The summed E-state index contributed by atoms with van der Waals surface area (Å²) in [6.07, 6.45) is 0.169. The van der Waals surface area contributed by atoms with Gasteiger partial charge in [-0.1, -0.05) is 22.9 Å². The van der Waals surface area contributed by atoms with Crippen LogP contribution in [0, 0.1) is 19.8 Å². The van der Waals surface area contributed by atoms with Gasteiger partial charge in [0, 0.05) is 24.7 Å². The number of ether oxygens (including phenoxy) is 1. The molecule has 0 bridgehead atoms. The van der Waals surface area contributed by atoms with Gasteiger partial charge < -0.3 is 14.2 Å². The molecule has 1 amide bonds. The molecule has 3 rings (SSSR count). The molecular formula is C17H18N2O4. The highest BCUT2D eigenvalue weighted by atomic mass is 16.5. The number of hydrogen-bond acceptors (Lipinski definition) is 5. The number of rotatable bonds is 4. The molecule has 0 radical (unpaired) electrons. The fourth-order valence-corrected chi connectivity index (χ4v) is 2.58. The van der Waals surface area contributed by atoms with Crippen LogP contribution in [0.3, 0.4) is 0 Å². The van der Waals surface area contributed by atoms with Crippen molar-refractivity contribution in [1.29, 1.82) is 0 Å². The highest BCUT2D eigenvalue weighted by Gasteiger charge is 2.36. The molecule has 0 aliphatic carbocycles. The molecule has 0 saturated carbocycles. The Hall–Kier alpha value is -2.63. The lowest BCUT2D eigenvalue weighted by molar-refractivity contribution is -0.150. The third-order valence-corrected chi connectivity index (χ3v) is 3.84. The number of aryl methyl sites for hydroxylation is 2. The van der Waals surface area contributed by atoms with Crippen LogP contribution in [-0.4, -0.2) is 23.6 Å². The molecule has 6 nitrogen and oxygen atoms in total. The van der Waals surface area contributed by atoms with Gasteiger partial charge in [0.2, 0.25) is 5.91 Å². The largest absolute Gasteiger partial charge is 0.457 e. The van der Waals surface area contributed by atoms with Crippen LogP contribution in [0.25, 0.3) is 0 Å². The first-order valence-corrected chi connectivity index (χ1v) is 7.49. The van der Waals surface area contributed by atoms with Gasteiger partial charge in [-0.3, -0.25) is 9.59 Å². The summed E-state index contributed by atoms with van der Waals surface area (Å²) in [6, 6.07) is 9.38. The minimum Gasteiger partial charge on any atom is -0.457 e. The summed E-state index contributed by atoms with van der Waals surface area (Å²) in [7, 11) is 0. The maximum Gasteiger partial charge on any atom is 0.311 e. The van der Waals surface area contributed by atoms with E-state index < -0.39 is 5.92 Å². The van der Waals surface area contributed by atoms with Crippen molar-refractivity contribution in [3.8, 4) is 0 Å². The Morgan fingerprint density at radius 1 is 1.35 bits per heavy atom. The fourth-order valence-electron chi connectivity index (χ4n) is 2.58. The van der Waals surface area contributed by atoms with Crippen molar-refractivity contribution in [3.05, 3.63) is 47.3 Å². The van der Waals surface area contributed by atoms with Crippen LogP contribution in [0.1, 0.15) is 23.4 Å². The third-order valence-electron chi connectivity index (χ3n) is 3.84. The molecule has 1 atom stereocenters. The van der Waals surface area contributed by atoms with E-state index in [1.54, 1.807) is 17.9 Å². The Kier molecular flexibility index (Phi) is 4.14. The van der Waals surface area contributed by atoms with Gasteiger partial charge in [-0.15, -0.1) is 0 Å². The molecule has 1 saturated heterocycles. The lowest BCUT2D eigenvalue weighted by Crippen LogP contribution is -2.26. The number of aromatic nitrogens is 1. The zero-order valence-corrected chi connectivity index (χ0v) is 13.1. The van der Waals surface area contributed by atoms with Crippen molar-refractivity contribution < 1.29 is 18.8 Å². The average Bonchev–Trinajstić information content (AvgIpc) is 3.12. The van der Waals surface area contributed by atoms with Gasteiger partial charge in [-0.2, -0.15) is 0 Å². The summed E-state index contributed by atoms with van der Waals surface area (Å²) in [5.74, 6) is -0.406. The zero-order valence-electron chi connectivity index (χ0n) is 13.1. The molecular weight excluding hydrogens is 296 g/mol. The van der Waals surface area contributed by atoms with Gasteiger partial charge in [0.15, 0.2) is 12.4 Å². The molecule has 120 valence electrons. The average molecular weight is 314 g/mol. The van der Waals surface area contributed by atoms with Crippen LogP contribution in [0.15, 0.2) is 34.9 Å². The molecule has 6 heteroatoms. The van der Waals surface area contributed by atoms with E-state index in [1.807, 2.05) is 31.2 Å². The second-order valence-electron chi connectivity index (χ2n) is 5.78. The monoisotopic (exact) mass is 314 g/mol. The minimum absolute atomic E-state index is 0.0366. The van der Waals surface area contributed by atoms with E-state index >= 15 is 0 Å². The van der Waals surface area contributed by atoms with Crippen molar-refractivity contribution >= 4 is 17.6 Å². The van der Waals surface area contributed by atoms with Crippen LogP contribution in [0.5, 0.6) is 0 Å². The van der Waals surface area contributed by atoms with Gasteiger partial charge >= 0.3 is 5.97 Å². The van der Waals surface area contributed by atoms with Crippen LogP contribution >= 0.6 is 0 Å². The van der Waals surface area contributed by atoms with Gasteiger partial charge in [0.1, 0.15) is 0 Å². The standard InChI is InChI=1S/C17H18N2O4/c1-11-3-5-14(6-4-11)19-9-13(8-16(19)20)17(21)22-10-15-7-12(2)18-23-15/h3-7,13H,8-10H2,1-2H3. The highest BCUT2D eigenvalue weighted by Crippen LogP contribution is 2.26. The number of carbonyl (C=O) groups is 2. The summed E-state index contributed by atoms with van der Waals surface area (Å²) in [5.41, 5.74) is 2.66. The number of hydrogen-bond donors (Lipinski definition) is 0. The Labute approximate surface area is 134 Å². The Morgan fingerprint density at radius 2 is 2.09 bits per heavy atom. The number of esters is 1. The third kappa shape index (κ3) is 3.41. The van der Waals surface area contributed by atoms with Crippen molar-refractivity contribution in [2.45, 2.75) is 26.9 Å². The quantitative estimate of drug-likeness (QED) is 0.810. The summed E-state index contributed by atoms with van der Waals surface area (Å²) >= 11 is 0. The lowest BCUT2D eigenvalue weighted by atomic mass is 10.1. The maximum atomic E-state index is 12.1. The molecule has 1 aromatic carbocycles. The zero-order chi connectivity index (χ0) is 16.4. The number of anilines is 1. The smallest absolute Gasteiger partial charge is 0.311 e. The van der Waals surface area contributed by atoms with E-state index in [0.29, 0.717) is 12.3 Å². The number of carbonyl (C=O) groups excluding carboxylic acids is 2. The van der Waals surface area contributed by atoms with E-state index in [2.05, 4.69) is 5.16 Å². The predicted octanol–water partition coefficient (Wildman–Crippen LogP) is 2.39. The second-order valence-corrected chi connectivity index (χ2v) is 5.78. The van der Waals surface area contributed by atoms with Crippen LogP contribution < -0.4 is 4.90 Å². The normalized spacial score (nSPS) is 17.6. The molecule has 1 aromatic heterocycles. The molecule has 1 aliphatic rings. The van der Waals surface area contributed by atoms with Gasteiger partial charge in [-0.25, -0.2) is 0 Å². The predicted molar refractivity (Wildman–Crippen MR) is 82.7 cm³/mol. The number of benzene rings is 1. The van der Waals surface area contributed by atoms with Gasteiger partial charge in [-0.05, 0) is 26.0 Å². The van der Waals surface area contributed by atoms with E-state index in [0.717, 1.165) is 16.9 Å². The van der Waals surface area contributed by atoms with Crippen LogP contribution in [0.4, 0.5) is 5.69 Å². The highest BCUT2D eigenvalue weighted by molar-refractivity contribution is 5.99. The van der Waals surface area contributed by atoms with E-state index in [1.165, 1.54) is 0 Å². The minimum atomic E-state index is -0.451. The molecule has 2 heterocycles. The SMILES string of the molecule is Cc1ccc(N2CC(C(=O)OCc3cc(C)no3)CC2=O)cc1. The van der Waals surface area contributed by atoms with Crippen LogP contribution in [-0.2, 0) is 20.9 Å². The lowest BCUT2D eigenvalue weighted by Gasteiger charge is -2.16. The first-order valence-electron chi connectivity index (χ1n) is 7.49. The first kappa shape index (κ1) is 15.3. The fraction of sp³-hybridized carbons (Fsp3) is 0.353. The van der Waals surface area contributed by atoms with Crippen molar-refractivity contribution in [2.75, 3.05) is 11.4 Å². The van der Waals surface area contributed by atoms with E-state index in [-0.39, 0.29) is 24.9 Å².